The van der Waals surface area contributed by atoms with Crippen LogP contribution in [-0.4, -0.2) is 35.6 Å². The topological polar surface area (TPSA) is 108 Å². The molecule has 0 aromatic heterocycles. The number of hydrogen-bond acceptors (Lipinski definition) is 6. The zero-order valence-electron chi connectivity index (χ0n) is 12.0. The van der Waals surface area contributed by atoms with Gasteiger partial charge in [0.1, 0.15) is 5.69 Å². The van der Waals surface area contributed by atoms with Crippen LogP contribution in [0.1, 0.15) is 19.8 Å². The molecule has 0 aliphatic carbocycles. The first-order valence-electron chi connectivity index (χ1n) is 6.85. The predicted octanol–water partition coefficient (Wildman–Crippen LogP) is 1.64. The summed E-state index contributed by atoms with van der Waals surface area (Å²) in [7, 11) is 0. The minimum absolute atomic E-state index is 0.0533. The summed E-state index contributed by atoms with van der Waals surface area (Å²) in [5.74, 6) is -1.23. The van der Waals surface area contributed by atoms with Gasteiger partial charge in [-0.05, 0) is 25.8 Å². The van der Waals surface area contributed by atoms with Crippen LogP contribution in [0.15, 0.2) is 24.3 Å². The van der Waals surface area contributed by atoms with Crippen molar-refractivity contribution in [3.05, 3.63) is 34.4 Å². The van der Waals surface area contributed by atoms with Crippen LogP contribution >= 0.6 is 0 Å². The highest BCUT2D eigenvalue weighted by Crippen LogP contribution is 2.23. The number of nitrogens with zero attached hydrogens (tertiary/aromatic N) is 1. The molecule has 8 nitrogen and oxygen atoms in total. The minimum Gasteiger partial charge on any atom is -0.451 e. The maximum atomic E-state index is 12.0. The molecule has 2 rings (SSSR count). The molecular formula is C14H16N2O6. The van der Waals surface area contributed by atoms with Gasteiger partial charge in [0, 0.05) is 12.7 Å². The Labute approximate surface area is 126 Å². The van der Waals surface area contributed by atoms with Gasteiger partial charge >= 0.3 is 5.97 Å². The van der Waals surface area contributed by atoms with Crippen molar-refractivity contribution in [2.75, 3.05) is 11.9 Å². The standard InChI is InChI=1S/C14H16N2O6/c1-9(22-14(18)12-7-4-8-21-12)13(17)15-10-5-2-3-6-11(10)16(19)20/h2-3,5-6,9,12H,4,7-8H2,1H3,(H,15,17)/t9-,12+/m0/s1. The number of carbonyl (C=O) groups excluding carboxylic acids is 2. The van der Waals surface area contributed by atoms with Gasteiger partial charge in [0.2, 0.25) is 0 Å². The minimum atomic E-state index is -1.07. The Kier molecular flexibility index (Phi) is 5.05. The first kappa shape index (κ1) is 15.9. The zero-order valence-corrected chi connectivity index (χ0v) is 12.0. The number of benzene rings is 1. The quantitative estimate of drug-likeness (QED) is 0.503. The van der Waals surface area contributed by atoms with E-state index in [2.05, 4.69) is 5.32 Å². The average Bonchev–Trinajstić information content (AvgIpc) is 3.01. The lowest BCUT2D eigenvalue weighted by atomic mass is 10.2. The van der Waals surface area contributed by atoms with Gasteiger partial charge in [0.25, 0.3) is 11.6 Å². The van der Waals surface area contributed by atoms with Crippen molar-refractivity contribution in [3.8, 4) is 0 Å². The monoisotopic (exact) mass is 308 g/mol. The summed E-state index contributed by atoms with van der Waals surface area (Å²) in [4.78, 5) is 34.0. The number of carbonyl (C=O) groups is 2. The van der Waals surface area contributed by atoms with Gasteiger partial charge in [-0.1, -0.05) is 12.1 Å². The van der Waals surface area contributed by atoms with E-state index in [1.807, 2.05) is 0 Å². The van der Waals surface area contributed by atoms with Crippen LogP contribution in [0.2, 0.25) is 0 Å². The average molecular weight is 308 g/mol. The van der Waals surface area contributed by atoms with Gasteiger partial charge in [-0.15, -0.1) is 0 Å². The number of amides is 1. The van der Waals surface area contributed by atoms with Crippen molar-refractivity contribution in [2.24, 2.45) is 0 Å². The third-order valence-electron chi connectivity index (χ3n) is 3.21. The number of rotatable bonds is 5. The molecule has 1 aliphatic heterocycles. The molecule has 1 fully saturated rings. The molecule has 1 aromatic rings. The van der Waals surface area contributed by atoms with Gasteiger partial charge in [-0.3, -0.25) is 14.9 Å². The van der Waals surface area contributed by atoms with Crippen LogP contribution in [0.3, 0.4) is 0 Å². The Hall–Kier alpha value is -2.48. The number of nitro benzene ring substituents is 1. The fraction of sp³-hybridized carbons (Fsp3) is 0.429. The van der Waals surface area contributed by atoms with Crippen molar-refractivity contribution >= 4 is 23.3 Å². The highest BCUT2D eigenvalue weighted by molar-refractivity contribution is 5.97. The normalized spacial score (nSPS) is 18.5. The Morgan fingerprint density at radius 2 is 2.18 bits per heavy atom. The largest absolute Gasteiger partial charge is 0.451 e. The van der Waals surface area contributed by atoms with Crippen molar-refractivity contribution < 1.29 is 24.0 Å². The van der Waals surface area contributed by atoms with E-state index in [9.17, 15) is 19.7 Å². The number of hydrogen-bond donors (Lipinski definition) is 1. The van der Waals surface area contributed by atoms with E-state index < -0.39 is 29.0 Å². The van der Waals surface area contributed by atoms with Gasteiger partial charge < -0.3 is 14.8 Å². The van der Waals surface area contributed by atoms with Crippen LogP contribution in [0.25, 0.3) is 0 Å². The maximum absolute atomic E-state index is 12.0. The van der Waals surface area contributed by atoms with Crippen molar-refractivity contribution in [3.63, 3.8) is 0 Å². The predicted molar refractivity (Wildman–Crippen MR) is 76.3 cm³/mol. The summed E-state index contributed by atoms with van der Waals surface area (Å²) in [6.45, 7) is 1.90. The molecule has 1 heterocycles. The summed E-state index contributed by atoms with van der Waals surface area (Å²) in [5, 5.41) is 13.3. The molecule has 1 amide bonds. The van der Waals surface area contributed by atoms with Gasteiger partial charge in [0.05, 0.1) is 4.92 Å². The summed E-state index contributed by atoms with van der Waals surface area (Å²) < 4.78 is 10.2. The molecule has 1 aromatic carbocycles. The second-order valence-electron chi connectivity index (χ2n) is 4.84. The van der Waals surface area contributed by atoms with E-state index in [4.69, 9.17) is 9.47 Å². The molecule has 0 spiro atoms. The first-order valence-corrected chi connectivity index (χ1v) is 6.85. The summed E-state index contributed by atoms with van der Waals surface area (Å²) >= 11 is 0. The Bertz CT molecular complexity index is 582. The maximum Gasteiger partial charge on any atom is 0.336 e. The van der Waals surface area contributed by atoms with E-state index >= 15 is 0 Å². The number of para-hydroxylation sites is 2. The van der Waals surface area contributed by atoms with Crippen LogP contribution in [0.4, 0.5) is 11.4 Å². The number of anilines is 1. The number of ether oxygens (including phenoxy) is 2. The molecule has 22 heavy (non-hydrogen) atoms. The molecule has 0 saturated carbocycles. The Morgan fingerprint density at radius 1 is 1.45 bits per heavy atom. The summed E-state index contributed by atoms with van der Waals surface area (Å²) in [5.41, 5.74) is -0.175. The second kappa shape index (κ2) is 6.99. The molecule has 0 bridgehead atoms. The van der Waals surface area contributed by atoms with E-state index in [-0.39, 0.29) is 11.4 Å². The number of nitrogens with one attached hydrogen (secondary N) is 1. The zero-order chi connectivity index (χ0) is 16.1. The molecule has 1 aliphatic rings. The third kappa shape index (κ3) is 3.79. The fourth-order valence-corrected chi connectivity index (χ4v) is 2.04. The molecule has 1 saturated heterocycles. The number of esters is 1. The van der Waals surface area contributed by atoms with Crippen LogP contribution in [0, 0.1) is 10.1 Å². The molecule has 8 heteroatoms. The lowest BCUT2D eigenvalue weighted by Crippen LogP contribution is -2.34. The van der Waals surface area contributed by atoms with Gasteiger partial charge in [0.15, 0.2) is 12.2 Å². The summed E-state index contributed by atoms with van der Waals surface area (Å²) in [6.07, 6.45) is -0.369. The third-order valence-corrected chi connectivity index (χ3v) is 3.21. The highest BCUT2D eigenvalue weighted by atomic mass is 16.6. The van der Waals surface area contributed by atoms with Crippen molar-refractivity contribution in [1.29, 1.82) is 0 Å². The first-order chi connectivity index (χ1) is 10.5. The van der Waals surface area contributed by atoms with E-state index in [1.54, 1.807) is 6.07 Å². The van der Waals surface area contributed by atoms with Crippen molar-refractivity contribution in [1.82, 2.24) is 0 Å². The molecule has 2 atom stereocenters. The second-order valence-corrected chi connectivity index (χ2v) is 4.84. The van der Waals surface area contributed by atoms with Crippen molar-refractivity contribution in [2.45, 2.75) is 32.0 Å². The van der Waals surface area contributed by atoms with E-state index in [0.717, 1.165) is 6.42 Å². The Balaban J connectivity index is 1.96. The van der Waals surface area contributed by atoms with Crippen LogP contribution in [0.5, 0.6) is 0 Å². The van der Waals surface area contributed by atoms with Gasteiger partial charge in [-0.2, -0.15) is 0 Å². The summed E-state index contributed by atoms with van der Waals surface area (Å²) in [6, 6.07) is 5.74. The van der Waals surface area contributed by atoms with E-state index in [1.165, 1.54) is 25.1 Å². The molecule has 118 valence electrons. The lowest BCUT2D eigenvalue weighted by molar-refractivity contribution is -0.383. The SMILES string of the molecule is C[C@H](OC(=O)[C@H]1CCCO1)C(=O)Nc1ccccc1[N+](=O)[O-]. The Morgan fingerprint density at radius 3 is 2.82 bits per heavy atom. The molecule has 0 unspecified atom stereocenters. The van der Waals surface area contributed by atoms with Crippen LogP contribution < -0.4 is 5.32 Å². The van der Waals surface area contributed by atoms with Crippen LogP contribution in [-0.2, 0) is 19.1 Å². The highest BCUT2D eigenvalue weighted by Gasteiger charge is 2.29. The number of nitro groups is 1. The molecular weight excluding hydrogens is 292 g/mol. The molecule has 0 radical (unpaired) electrons. The molecule has 1 N–H and O–H groups in total. The van der Waals surface area contributed by atoms with Gasteiger partial charge in [-0.25, -0.2) is 4.79 Å². The smallest absolute Gasteiger partial charge is 0.336 e. The van der Waals surface area contributed by atoms with E-state index in [0.29, 0.717) is 13.0 Å². The fourth-order valence-electron chi connectivity index (χ4n) is 2.04. The lowest BCUT2D eigenvalue weighted by Gasteiger charge is -2.15.